The summed E-state index contributed by atoms with van der Waals surface area (Å²) >= 11 is 0. The van der Waals surface area contributed by atoms with Crippen LogP contribution in [0.2, 0.25) is 0 Å². The fraction of sp³-hybridized carbons (Fsp3) is 0.538. The van der Waals surface area contributed by atoms with Gasteiger partial charge in [0.1, 0.15) is 0 Å². The van der Waals surface area contributed by atoms with Crippen LogP contribution < -0.4 is 5.32 Å². The van der Waals surface area contributed by atoms with Gasteiger partial charge < -0.3 is 10.4 Å². The highest BCUT2D eigenvalue weighted by Gasteiger charge is 2.35. The van der Waals surface area contributed by atoms with E-state index in [4.69, 9.17) is 0 Å². The van der Waals surface area contributed by atoms with Crippen molar-refractivity contribution < 1.29 is 13.5 Å². The Morgan fingerprint density at radius 1 is 1.26 bits per heavy atom. The molecule has 1 saturated heterocycles. The Hall–Kier alpha value is -0.950. The molecule has 2 N–H and O–H groups in total. The quantitative estimate of drug-likeness (QED) is 0.835. The number of β-amino-alcohol motifs (C(OH)–C–C–N with tert-alkyl or cyclic N) is 1. The zero-order chi connectivity index (χ0) is 14.2. The van der Waals surface area contributed by atoms with Crippen molar-refractivity contribution >= 4 is 10.0 Å². The number of likely N-dealkylation sites (N-methyl/N-ethyl adjacent to an activating group) is 1. The van der Waals surface area contributed by atoms with Crippen molar-refractivity contribution in [2.75, 3.05) is 20.1 Å². The number of benzene rings is 1. The van der Waals surface area contributed by atoms with Gasteiger partial charge in [-0.05, 0) is 37.1 Å². The minimum atomic E-state index is -3.56. The minimum Gasteiger partial charge on any atom is -0.390 e. The van der Waals surface area contributed by atoms with Crippen molar-refractivity contribution in [1.29, 1.82) is 0 Å². The fourth-order valence-corrected chi connectivity index (χ4v) is 3.71. The molecule has 0 bridgehead atoms. The molecule has 1 fully saturated rings. The maximum absolute atomic E-state index is 12.5. The van der Waals surface area contributed by atoms with Gasteiger partial charge in [0.15, 0.2) is 0 Å². The van der Waals surface area contributed by atoms with Crippen LogP contribution in [0.15, 0.2) is 23.1 Å². The minimum absolute atomic E-state index is 0.275. The Kier molecular flexibility index (Phi) is 3.96. The van der Waals surface area contributed by atoms with Crippen molar-refractivity contribution in [2.45, 2.75) is 30.9 Å². The Morgan fingerprint density at radius 3 is 2.47 bits per heavy atom. The van der Waals surface area contributed by atoms with Crippen molar-refractivity contribution in [2.24, 2.45) is 0 Å². The fourth-order valence-electron chi connectivity index (χ4n) is 2.24. The molecule has 106 valence electrons. The molecule has 1 heterocycles. The molecule has 0 amide bonds. The molecule has 0 aliphatic carbocycles. The summed E-state index contributed by atoms with van der Waals surface area (Å²) in [7, 11) is -2.04. The van der Waals surface area contributed by atoms with Gasteiger partial charge in [0, 0.05) is 20.1 Å². The van der Waals surface area contributed by atoms with Crippen LogP contribution >= 0.6 is 0 Å². The topological polar surface area (TPSA) is 69.6 Å². The van der Waals surface area contributed by atoms with Crippen LogP contribution in [0.4, 0.5) is 0 Å². The van der Waals surface area contributed by atoms with Gasteiger partial charge in [-0.3, -0.25) is 0 Å². The van der Waals surface area contributed by atoms with E-state index < -0.39 is 22.2 Å². The second-order valence-corrected chi connectivity index (χ2v) is 7.06. The number of hydrogen-bond acceptors (Lipinski definition) is 4. The van der Waals surface area contributed by atoms with E-state index in [0.29, 0.717) is 13.1 Å². The summed E-state index contributed by atoms with van der Waals surface area (Å²) in [5.74, 6) is 0. The Morgan fingerprint density at radius 2 is 1.95 bits per heavy atom. The predicted octanol–water partition coefficient (Wildman–Crippen LogP) is 0.257. The van der Waals surface area contributed by atoms with E-state index in [2.05, 4.69) is 5.32 Å². The molecule has 6 heteroatoms. The number of aliphatic hydroxyl groups is 1. The first kappa shape index (κ1) is 14.5. The Balaban J connectivity index is 2.33. The highest BCUT2D eigenvalue weighted by Crippen LogP contribution is 2.21. The molecular formula is C13H20N2O3S. The first-order valence-corrected chi connectivity index (χ1v) is 7.72. The van der Waals surface area contributed by atoms with Gasteiger partial charge in [0.2, 0.25) is 10.0 Å². The third kappa shape index (κ3) is 2.67. The molecule has 0 spiro atoms. The van der Waals surface area contributed by atoms with E-state index in [0.717, 1.165) is 11.1 Å². The highest BCUT2D eigenvalue weighted by molar-refractivity contribution is 7.89. The lowest BCUT2D eigenvalue weighted by atomic mass is 10.1. The molecule has 2 rings (SSSR count). The molecule has 1 aromatic rings. The van der Waals surface area contributed by atoms with Crippen molar-refractivity contribution in [1.82, 2.24) is 9.62 Å². The van der Waals surface area contributed by atoms with E-state index >= 15 is 0 Å². The van der Waals surface area contributed by atoms with Gasteiger partial charge in [-0.1, -0.05) is 6.07 Å². The number of hydrogen-bond donors (Lipinski definition) is 2. The lowest BCUT2D eigenvalue weighted by molar-refractivity contribution is 0.136. The van der Waals surface area contributed by atoms with Gasteiger partial charge in [0.25, 0.3) is 0 Å². The average molecular weight is 284 g/mol. The zero-order valence-electron chi connectivity index (χ0n) is 11.4. The van der Waals surface area contributed by atoms with Gasteiger partial charge in [0.05, 0.1) is 17.0 Å². The monoisotopic (exact) mass is 284 g/mol. The first-order chi connectivity index (χ1) is 8.84. The second-order valence-electron chi connectivity index (χ2n) is 5.06. The van der Waals surface area contributed by atoms with E-state index in [1.807, 2.05) is 13.8 Å². The van der Waals surface area contributed by atoms with Gasteiger partial charge >= 0.3 is 0 Å². The Labute approximate surface area is 114 Å². The van der Waals surface area contributed by atoms with Crippen LogP contribution in [-0.2, 0) is 10.0 Å². The Bertz CT molecular complexity index is 571. The second kappa shape index (κ2) is 5.20. The number of aryl methyl sites for hydroxylation is 2. The molecule has 2 atom stereocenters. The molecule has 5 nitrogen and oxygen atoms in total. The molecular weight excluding hydrogens is 264 g/mol. The zero-order valence-corrected chi connectivity index (χ0v) is 12.2. The van der Waals surface area contributed by atoms with Crippen LogP contribution in [0.3, 0.4) is 0 Å². The van der Waals surface area contributed by atoms with Crippen LogP contribution in [0, 0.1) is 13.8 Å². The molecule has 0 unspecified atom stereocenters. The van der Waals surface area contributed by atoms with Crippen LogP contribution in [0.1, 0.15) is 11.1 Å². The van der Waals surface area contributed by atoms with Crippen LogP contribution in [0.25, 0.3) is 0 Å². The van der Waals surface area contributed by atoms with Crippen LogP contribution in [0.5, 0.6) is 0 Å². The normalized spacial score (nSPS) is 24.1. The van der Waals surface area contributed by atoms with Gasteiger partial charge in [-0.2, -0.15) is 4.31 Å². The number of aliphatic hydroxyl groups excluding tert-OH is 1. The van der Waals surface area contributed by atoms with Gasteiger partial charge in [-0.15, -0.1) is 0 Å². The summed E-state index contributed by atoms with van der Waals surface area (Å²) in [5.41, 5.74) is 2.00. The molecule has 19 heavy (non-hydrogen) atoms. The number of sulfonamides is 1. The number of nitrogens with zero attached hydrogens (tertiary/aromatic N) is 1. The smallest absolute Gasteiger partial charge is 0.243 e. The summed E-state index contributed by atoms with van der Waals surface area (Å²) in [6.07, 6.45) is -0.661. The predicted molar refractivity (Wildman–Crippen MR) is 73.5 cm³/mol. The summed E-state index contributed by atoms with van der Waals surface area (Å²) in [6.45, 7) is 4.74. The first-order valence-electron chi connectivity index (χ1n) is 6.28. The average Bonchev–Trinajstić information content (AvgIpc) is 2.77. The van der Waals surface area contributed by atoms with Gasteiger partial charge in [-0.25, -0.2) is 8.42 Å². The van der Waals surface area contributed by atoms with E-state index in [-0.39, 0.29) is 4.90 Å². The third-order valence-electron chi connectivity index (χ3n) is 3.77. The largest absolute Gasteiger partial charge is 0.390 e. The molecule has 1 aliphatic rings. The molecule has 0 saturated carbocycles. The summed E-state index contributed by atoms with van der Waals surface area (Å²) < 4.78 is 26.3. The highest BCUT2D eigenvalue weighted by atomic mass is 32.2. The standard InChI is InChI=1S/C13H20N2O3S/c1-9-4-5-11(6-10(9)2)19(17,18)15(3)12-7-14-8-13(12)16/h4-6,12-14,16H,7-8H2,1-3H3/t12-,13-/m1/s1. The van der Waals surface area contributed by atoms with E-state index in [9.17, 15) is 13.5 Å². The molecule has 0 radical (unpaired) electrons. The molecule has 1 aliphatic heterocycles. The van der Waals surface area contributed by atoms with Crippen molar-refractivity contribution in [3.8, 4) is 0 Å². The van der Waals surface area contributed by atoms with E-state index in [1.165, 1.54) is 11.4 Å². The summed E-state index contributed by atoms with van der Waals surface area (Å²) in [4.78, 5) is 0.275. The SMILES string of the molecule is Cc1ccc(S(=O)(=O)N(C)[C@@H]2CNC[C@H]2O)cc1C. The molecule has 1 aromatic carbocycles. The summed E-state index contributed by atoms with van der Waals surface area (Å²) in [5, 5.41) is 12.8. The lowest BCUT2D eigenvalue weighted by Crippen LogP contribution is -2.44. The lowest BCUT2D eigenvalue weighted by Gasteiger charge is -2.25. The number of rotatable bonds is 3. The van der Waals surface area contributed by atoms with Crippen LogP contribution in [-0.4, -0.2) is 50.1 Å². The molecule has 0 aromatic heterocycles. The number of nitrogens with one attached hydrogen (secondary N) is 1. The van der Waals surface area contributed by atoms with E-state index in [1.54, 1.807) is 18.2 Å². The van der Waals surface area contributed by atoms with Crippen molar-refractivity contribution in [3.63, 3.8) is 0 Å². The summed E-state index contributed by atoms with van der Waals surface area (Å²) in [6, 6.07) is 4.68. The third-order valence-corrected chi connectivity index (χ3v) is 5.65. The maximum Gasteiger partial charge on any atom is 0.243 e. The maximum atomic E-state index is 12.5. The van der Waals surface area contributed by atoms with Crippen molar-refractivity contribution in [3.05, 3.63) is 29.3 Å².